The maximum Gasteiger partial charge on any atom is 0.231 e. The minimum Gasteiger partial charge on any atom is -0.356 e. The van der Waals surface area contributed by atoms with E-state index in [0.717, 1.165) is 6.54 Å². The van der Waals surface area contributed by atoms with Gasteiger partial charge >= 0.3 is 0 Å². The van der Waals surface area contributed by atoms with E-state index in [1.165, 1.54) is 0 Å². The van der Waals surface area contributed by atoms with Gasteiger partial charge in [0.05, 0.1) is 0 Å². The van der Waals surface area contributed by atoms with E-state index < -0.39 is 5.92 Å². The number of likely N-dealkylation sites (tertiary alicyclic amines) is 1. The van der Waals surface area contributed by atoms with E-state index in [4.69, 9.17) is 0 Å². The number of rotatable bonds is 2. The molecule has 1 aliphatic rings. The van der Waals surface area contributed by atoms with Crippen molar-refractivity contribution < 1.29 is 9.59 Å². The minimum atomic E-state index is -0.446. The van der Waals surface area contributed by atoms with Gasteiger partial charge in [0.25, 0.3) is 0 Å². The van der Waals surface area contributed by atoms with Crippen LogP contribution in [0.1, 0.15) is 13.3 Å². The van der Waals surface area contributed by atoms with Gasteiger partial charge in [-0.3, -0.25) is 9.59 Å². The van der Waals surface area contributed by atoms with Crippen molar-refractivity contribution in [3.8, 4) is 0 Å². The average Bonchev–Trinajstić information content (AvgIpc) is 2.09. The molecule has 1 rings (SSSR count). The molecule has 74 valence electrons. The lowest BCUT2D eigenvalue weighted by atomic mass is 9.96. The minimum absolute atomic E-state index is 0.0732. The molecule has 1 atom stereocenters. The molecule has 4 nitrogen and oxygen atoms in total. The van der Waals surface area contributed by atoms with Gasteiger partial charge in [-0.05, 0) is 14.0 Å². The molecule has 1 unspecified atom stereocenters. The number of piperidine rings is 1. The highest BCUT2D eigenvalue weighted by atomic mass is 16.2. The molecule has 1 heterocycles. The Balaban J connectivity index is 2.55. The molecule has 0 saturated carbocycles. The summed E-state index contributed by atoms with van der Waals surface area (Å²) in [6.45, 7) is 3.78. The number of carbonyl (C=O) groups is 2. The highest BCUT2D eigenvalue weighted by Crippen LogP contribution is 2.11. The van der Waals surface area contributed by atoms with Gasteiger partial charge < -0.3 is 10.2 Å². The summed E-state index contributed by atoms with van der Waals surface area (Å²) in [6, 6.07) is 0. The van der Waals surface area contributed by atoms with E-state index in [0.29, 0.717) is 19.5 Å². The Bertz CT molecular complexity index is 216. The average molecular weight is 184 g/mol. The Hall–Kier alpha value is -0.900. The summed E-state index contributed by atoms with van der Waals surface area (Å²) in [5.74, 6) is -0.498. The maximum absolute atomic E-state index is 11.4. The first-order chi connectivity index (χ1) is 6.15. The maximum atomic E-state index is 11.4. The summed E-state index contributed by atoms with van der Waals surface area (Å²) in [5.41, 5.74) is 0. The molecule has 0 bridgehead atoms. The number of nitrogens with one attached hydrogen (secondary N) is 1. The molecule has 1 saturated heterocycles. The molecule has 0 aliphatic carbocycles. The lowest BCUT2D eigenvalue weighted by molar-refractivity contribution is -0.136. The lowest BCUT2D eigenvalue weighted by Crippen LogP contribution is -2.46. The zero-order valence-corrected chi connectivity index (χ0v) is 8.17. The molecule has 0 radical (unpaired) electrons. The van der Waals surface area contributed by atoms with Crippen molar-refractivity contribution in [1.82, 2.24) is 10.2 Å². The van der Waals surface area contributed by atoms with E-state index in [9.17, 15) is 9.59 Å². The molecule has 0 aromatic rings. The number of amides is 1. The number of hydrogen-bond donors (Lipinski definition) is 1. The van der Waals surface area contributed by atoms with Gasteiger partial charge in [-0.25, -0.2) is 0 Å². The first-order valence-corrected chi connectivity index (χ1v) is 4.64. The Morgan fingerprint density at radius 1 is 1.69 bits per heavy atom. The monoisotopic (exact) mass is 184 g/mol. The number of hydrogen-bond acceptors (Lipinski definition) is 3. The highest BCUT2D eigenvalue weighted by molar-refractivity contribution is 6.02. The van der Waals surface area contributed by atoms with Gasteiger partial charge in [-0.1, -0.05) is 0 Å². The van der Waals surface area contributed by atoms with Gasteiger partial charge in [0.1, 0.15) is 11.7 Å². The van der Waals surface area contributed by atoms with E-state index in [2.05, 4.69) is 5.32 Å². The first-order valence-electron chi connectivity index (χ1n) is 4.64. The molecule has 1 amide bonds. The predicted molar refractivity (Wildman–Crippen MR) is 49.3 cm³/mol. The molecule has 4 heteroatoms. The lowest BCUT2D eigenvalue weighted by Gasteiger charge is -2.27. The zero-order valence-electron chi connectivity index (χ0n) is 8.17. The van der Waals surface area contributed by atoms with Crippen LogP contribution in [0.25, 0.3) is 0 Å². The van der Waals surface area contributed by atoms with Gasteiger partial charge in [-0.15, -0.1) is 0 Å². The van der Waals surface area contributed by atoms with Crippen molar-refractivity contribution in [3.63, 3.8) is 0 Å². The number of nitrogens with zero attached hydrogens (tertiary/aromatic N) is 1. The second kappa shape index (κ2) is 4.37. The van der Waals surface area contributed by atoms with Crippen LogP contribution in [-0.4, -0.2) is 43.3 Å². The Morgan fingerprint density at radius 2 is 2.38 bits per heavy atom. The van der Waals surface area contributed by atoms with Gasteiger partial charge in [0.15, 0.2) is 0 Å². The molecule has 0 aromatic heterocycles. The van der Waals surface area contributed by atoms with E-state index >= 15 is 0 Å². The summed E-state index contributed by atoms with van der Waals surface area (Å²) >= 11 is 0. The van der Waals surface area contributed by atoms with Crippen LogP contribution in [-0.2, 0) is 9.59 Å². The van der Waals surface area contributed by atoms with Crippen molar-refractivity contribution in [2.24, 2.45) is 5.92 Å². The second-order valence-corrected chi connectivity index (χ2v) is 3.43. The fourth-order valence-electron chi connectivity index (χ4n) is 1.51. The Morgan fingerprint density at radius 3 is 3.00 bits per heavy atom. The van der Waals surface area contributed by atoms with Crippen LogP contribution in [0.4, 0.5) is 0 Å². The van der Waals surface area contributed by atoms with Crippen LogP contribution < -0.4 is 5.32 Å². The summed E-state index contributed by atoms with van der Waals surface area (Å²) in [6.07, 6.45) is 0.498. The van der Waals surface area contributed by atoms with E-state index in [1.807, 2.05) is 18.9 Å². The molecule has 1 aliphatic heterocycles. The topological polar surface area (TPSA) is 49.4 Å². The normalized spacial score (nSPS) is 24.5. The molecule has 1 fully saturated rings. The van der Waals surface area contributed by atoms with Crippen LogP contribution >= 0.6 is 0 Å². The van der Waals surface area contributed by atoms with Crippen molar-refractivity contribution >= 4 is 11.7 Å². The molecule has 1 N–H and O–H groups in total. The fourth-order valence-corrected chi connectivity index (χ4v) is 1.51. The molecule has 0 aromatic carbocycles. The third-order valence-electron chi connectivity index (χ3n) is 2.29. The summed E-state index contributed by atoms with van der Waals surface area (Å²) in [7, 11) is 1.93. The van der Waals surface area contributed by atoms with Crippen molar-refractivity contribution in [2.45, 2.75) is 13.3 Å². The molecule has 13 heavy (non-hydrogen) atoms. The standard InChI is InChI=1S/C9H16N2O2/c1-3-10-9(13)7-6-11(2)5-4-8(7)12/h7H,3-6H2,1-2H3,(H,10,13). The van der Waals surface area contributed by atoms with Crippen molar-refractivity contribution in [1.29, 1.82) is 0 Å². The van der Waals surface area contributed by atoms with Crippen LogP contribution in [0.5, 0.6) is 0 Å². The van der Waals surface area contributed by atoms with E-state index in [1.54, 1.807) is 0 Å². The summed E-state index contributed by atoms with van der Waals surface area (Å²) < 4.78 is 0. The van der Waals surface area contributed by atoms with Gasteiger partial charge in [0.2, 0.25) is 5.91 Å². The molecular weight excluding hydrogens is 168 g/mol. The fraction of sp³-hybridized carbons (Fsp3) is 0.778. The van der Waals surface area contributed by atoms with Crippen molar-refractivity contribution in [3.05, 3.63) is 0 Å². The van der Waals surface area contributed by atoms with Gasteiger partial charge in [-0.2, -0.15) is 0 Å². The van der Waals surface area contributed by atoms with Gasteiger partial charge in [0, 0.05) is 26.1 Å². The van der Waals surface area contributed by atoms with Crippen LogP contribution in [0, 0.1) is 5.92 Å². The highest BCUT2D eigenvalue weighted by Gasteiger charge is 2.30. The first kappa shape index (κ1) is 10.2. The molecular formula is C9H16N2O2. The van der Waals surface area contributed by atoms with Crippen LogP contribution in [0.15, 0.2) is 0 Å². The smallest absolute Gasteiger partial charge is 0.231 e. The quantitative estimate of drug-likeness (QED) is 0.596. The van der Waals surface area contributed by atoms with Crippen LogP contribution in [0.3, 0.4) is 0 Å². The number of Topliss-reactive ketones (excluding diaryl/α,β-unsaturated/α-hetero) is 1. The summed E-state index contributed by atoms with van der Waals surface area (Å²) in [4.78, 5) is 24.8. The summed E-state index contributed by atoms with van der Waals surface area (Å²) in [5, 5.41) is 2.68. The SMILES string of the molecule is CCNC(=O)C1CN(C)CCC1=O. The zero-order chi connectivity index (χ0) is 9.84. The second-order valence-electron chi connectivity index (χ2n) is 3.43. The Kier molecular flexibility index (Phi) is 3.42. The Labute approximate surface area is 78.3 Å². The van der Waals surface area contributed by atoms with Crippen molar-refractivity contribution in [2.75, 3.05) is 26.7 Å². The predicted octanol–water partition coefficient (Wildman–Crippen LogP) is -0.357. The third-order valence-corrected chi connectivity index (χ3v) is 2.29. The molecule has 0 spiro atoms. The third kappa shape index (κ3) is 2.52. The number of carbonyl (C=O) groups excluding carboxylic acids is 2. The van der Waals surface area contributed by atoms with E-state index in [-0.39, 0.29) is 11.7 Å². The largest absolute Gasteiger partial charge is 0.356 e. The van der Waals surface area contributed by atoms with Crippen LogP contribution in [0.2, 0.25) is 0 Å². The number of ketones is 1.